The molecule has 1 fully saturated rings. The van der Waals surface area contributed by atoms with Crippen LogP contribution in [-0.4, -0.2) is 34.2 Å². The lowest BCUT2D eigenvalue weighted by Crippen LogP contribution is -2.49. The smallest absolute Gasteiger partial charge is 0.226 e. The molecule has 3 rings (SSSR count). The first-order valence-corrected chi connectivity index (χ1v) is 6.12. The minimum absolute atomic E-state index is 0.173. The summed E-state index contributed by atoms with van der Waals surface area (Å²) >= 11 is 0. The predicted molar refractivity (Wildman–Crippen MR) is 68.0 cm³/mol. The molecule has 1 aromatic carbocycles. The highest BCUT2D eigenvalue weighted by atomic mass is 16.3. The molecule has 1 aliphatic rings. The summed E-state index contributed by atoms with van der Waals surface area (Å²) < 4.78 is 5.49. The molecule has 0 spiro atoms. The van der Waals surface area contributed by atoms with Crippen molar-refractivity contribution in [1.82, 2.24) is 9.88 Å². The van der Waals surface area contributed by atoms with Crippen LogP contribution < -0.4 is 0 Å². The van der Waals surface area contributed by atoms with E-state index in [1.54, 1.807) is 6.26 Å². The first-order valence-electron chi connectivity index (χ1n) is 6.12. The van der Waals surface area contributed by atoms with Crippen LogP contribution in [0.5, 0.6) is 0 Å². The van der Waals surface area contributed by atoms with Crippen LogP contribution in [0.25, 0.3) is 11.5 Å². The van der Waals surface area contributed by atoms with Crippen LogP contribution in [0.15, 0.2) is 34.9 Å². The Balaban J connectivity index is 1.71. The minimum atomic E-state index is -0.173. The Morgan fingerprint density at radius 1 is 1.33 bits per heavy atom. The zero-order chi connectivity index (χ0) is 12.5. The van der Waals surface area contributed by atoms with Crippen LogP contribution in [0, 0.1) is 6.92 Å². The fourth-order valence-electron chi connectivity index (χ4n) is 2.11. The number of aryl methyl sites for hydroxylation is 1. The highest BCUT2D eigenvalue weighted by Crippen LogP contribution is 2.20. The molecule has 0 bridgehead atoms. The Morgan fingerprint density at radius 2 is 2.06 bits per heavy atom. The predicted octanol–water partition coefficient (Wildman–Crippen LogP) is 1.83. The first kappa shape index (κ1) is 11.4. The number of hydrogen-bond donors (Lipinski definition) is 1. The lowest BCUT2D eigenvalue weighted by molar-refractivity contribution is -0.00355. The van der Waals surface area contributed by atoms with E-state index in [9.17, 15) is 5.11 Å². The Morgan fingerprint density at radius 3 is 2.72 bits per heavy atom. The van der Waals surface area contributed by atoms with Crippen molar-refractivity contribution >= 4 is 0 Å². The minimum Gasteiger partial charge on any atom is -0.444 e. The SMILES string of the molecule is Cc1ccc(-c2nc(CN3CC(O)C3)co2)cc1. The van der Waals surface area contributed by atoms with Gasteiger partial charge in [0.25, 0.3) is 0 Å². The van der Waals surface area contributed by atoms with Gasteiger partial charge in [0, 0.05) is 25.2 Å². The van der Waals surface area contributed by atoms with E-state index in [4.69, 9.17) is 4.42 Å². The first-order chi connectivity index (χ1) is 8.70. The molecule has 2 heterocycles. The average molecular weight is 244 g/mol. The molecule has 2 aromatic rings. The summed E-state index contributed by atoms with van der Waals surface area (Å²) in [5, 5.41) is 9.22. The van der Waals surface area contributed by atoms with Gasteiger partial charge in [0.2, 0.25) is 5.89 Å². The second-order valence-corrected chi connectivity index (χ2v) is 4.86. The van der Waals surface area contributed by atoms with Gasteiger partial charge in [0.05, 0.1) is 11.8 Å². The fraction of sp³-hybridized carbons (Fsp3) is 0.357. The quantitative estimate of drug-likeness (QED) is 0.894. The van der Waals surface area contributed by atoms with Crippen molar-refractivity contribution in [2.24, 2.45) is 0 Å². The molecule has 18 heavy (non-hydrogen) atoms. The number of oxazole rings is 1. The normalized spacial score (nSPS) is 16.8. The molecule has 1 aromatic heterocycles. The van der Waals surface area contributed by atoms with Gasteiger partial charge < -0.3 is 9.52 Å². The van der Waals surface area contributed by atoms with Crippen LogP contribution in [0.3, 0.4) is 0 Å². The summed E-state index contributed by atoms with van der Waals surface area (Å²) in [5.41, 5.74) is 3.13. The van der Waals surface area contributed by atoms with E-state index in [0.29, 0.717) is 5.89 Å². The highest BCUT2D eigenvalue weighted by Gasteiger charge is 2.24. The molecule has 0 atom stereocenters. The van der Waals surface area contributed by atoms with Gasteiger partial charge in [-0.3, -0.25) is 4.90 Å². The van der Waals surface area contributed by atoms with Crippen LogP contribution in [0.4, 0.5) is 0 Å². The van der Waals surface area contributed by atoms with Crippen LogP contribution in [0.1, 0.15) is 11.3 Å². The van der Waals surface area contributed by atoms with Gasteiger partial charge in [-0.25, -0.2) is 4.98 Å². The van der Waals surface area contributed by atoms with Crippen molar-refractivity contribution in [3.63, 3.8) is 0 Å². The zero-order valence-corrected chi connectivity index (χ0v) is 10.3. The summed E-state index contributed by atoms with van der Waals surface area (Å²) in [6, 6.07) is 8.12. The molecule has 94 valence electrons. The van der Waals surface area contributed by atoms with Crippen LogP contribution >= 0.6 is 0 Å². The Bertz CT molecular complexity index is 527. The second-order valence-electron chi connectivity index (χ2n) is 4.86. The molecule has 1 aliphatic heterocycles. The standard InChI is InChI=1S/C14H16N2O2/c1-10-2-4-11(5-3-10)14-15-12(9-18-14)6-16-7-13(17)8-16/h2-5,9,13,17H,6-8H2,1H3. The van der Waals surface area contributed by atoms with E-state index >= 15 is 0 Å². The summed E-state index contributed by atoms with van der Waals surface area (Å²) in [4.78, 5) is 6.61. The molecule has 0 radical (unpaired) electrons. The fourth-order valence-corrected chi connectivity index (χ4v) is 2.11. The van der Waals surface area contributed by atoms with E-state index in [2.05, 4.69) is 16.8 Å². The van der Waals surface area contributed by atoms with E-state index in [1.807, 2.05) is 24.3 Å². The topological polar surface area (TPSA) is 49.5 Å². The van der Waals surface area contributed by atoms with Crippen LogP contribution in [-0.2, 0) is 6.54 Å². The average Bonchev–Trinajstić information content (AvgIpc) is 2.77. The van der Waals surface area contributed by atoms with Gasteiger partial charge >= 0.3 is 0 Å². The molecule has 1 saturated heterocycles. The maximum absolute atomic E-state index is 9.22. The molecular weight excluding hydrogens is 228 g/mol. The summed E-state index contributed by atoms with van der Waals surface area (Å²) in [6.45, 7) is 4.26. The number of hydrogen-bond acceptors (Lipinski definition) is 4. The summed E-state index contributed by atoms with van der Waals surface area (Å²) in [6.07, 6.45) is 1.52. The number of nitrogens with zero attached hydrogens (tertiary/aromatic N) is 2. The third kappa shape index (κ3) is 2.30. The number of β-amino-alcohol motifs (C(OH)–C–C–N with tert-alkyl or cyclic N) is 1. The third-order valence-corrected chi connectivity index (χ3v) is 3.17. The molecular formula is C14H16N2O2. The van der Waals surface area contributed by atoms with Crippen LogP contribution in [0.2, 0.25) is 0 Å². The molecule has 1 N–H and O–H groups in total. The second kappa shape index (κ2) is 4.55. The third-order valence-electron chi connectivity index (χ3n) is 3.17. The number of aliphatic hydroxyl groups excluding tert-OH is 1. The van der Waals surface area contributed by atoms with E-state index in [0.717, 1.165) is 30.9 Å². The van der Waals surface area contributed by atoms with Crippen molar-refractivity contribution in [2.45, 2.75) is 19.6 Å². The summed E-state index contributed by atoms with van der Waals surface area (Å²) in [5.74, 6) is 0.658. The Hall–Kier alpha value is -1.65. The largest absolute Gasteiger partial charge is 0.444 e. The number of likely N-dealkylation sites (tertiary alicyclic amines) is 1. The van der Waals surface area contributed by atoms with Crippen molar-refractivity contribution in [3.8, 4) is 11.5 Å². The molecule has 0 unspecified atom stereocenters. The maximum atomic E-state index is 9.22. The number of aromatic nitrogens is 1. The van der Waals surface area contributed by atoms with Crippen molar-refractivity contribution in [3.05, 3.63) is 41.8 Å². The van der Waals surface area contributed by atoms with E-state index in [-0.39, 0.29) is 6.10 Å². The van der Waals surface area contributed by atoms with Crippen molar-refractivity contribution in [2.75, 3.05) is 13.1 Å². The Labute approximate surface area is 106 Å². The van der Waals surface area contributed by atoms with E-state index < -0.39 is 0 Å². The maximum Gasteiger partial charge on any atom is 0.226 e. The van der Waals surface area contributed by atoms with Gasteiger partial charge in [-0.05, 0) is 19.1 Å². The van der Waals surface area contributed by atoms with Crippen molar-refractivity contribution < 1.29 is 9.52 Å². The summed E-state index contributed by atoms with van der Waals surface area (Å²) in [7, 11) is 0. The van der Waals surface area contributed by atoms with Gasteiger partial charge in [0.1, 0.15) is 6.26 Å². The van der Waals surface area contributed by atoms with Gasteiger partial charge in [-0.1, -0.05) is 17.7 Å². The number of aliphatic hydroxyl groups is 1. The van der Waals surface area contributed by atoms with E-state index in [1.165, 1.54) is 5.56 Å². The molecule has 0 saturated carbocycles. The lowest BCUT2D eigenvalue weighted by Gasteiger charge is -2.34. The molecule has 0 aliphatic carbocycles. The zero-order valence-electron chi connectivity index (χ0n) is 10.3. The highest BCUT2D eigenvalue weighted by molar-refractivity contribution is 5.53. The molecule has 4 heteroatoms. The molecule has 4 nitrogen and oxygen atoms in total. The monoisotopic (exact) mass is 244 g/mol. The lowest BCUT2D eigenvalue weighted by atomic mass is 10.1. The van der Waals surface area contributed by atoms with Gasteiger partial charge in [0.15, 0.2) is 0 Å². The number of rotatable bonds is 3. The molecule has 0 amide bonds. The number of benzene rings is 1. The van der Waals surface area contributed by atoms with Crippen molar-refractivity contribution in [1.29, 1.82) is 0 Å². The Kier molecular flexibility index (Phi) is 2.89. The van der Waals surface area contributed by atoms with Gasteiger partial charge in [-0.15, -0.1) is 0 Å². The van der Waals surface area contributed by atoms with Gasteiger partial charge in [-0.2, -0.15) is 0 Å².